The van der Waals surface area contributed by atoms with Gasteiger partial charge < -0.3 is 0 Å². The van der Waals surface area contributed by atoms with E-state index in [1.54, 1.807) is 12.1 Å². The molecule has 4 fully saturated rings. The van der Waals surface area contributed by atoms with Crippen LogP contribution in [0, 0.1) is 23.1 Å². The average Bonchev–Trinajstić information content (AvgIpc) is 3.11. The lowest BCUT2D eigenvalue weighted by Crippen LogP contribution is -2.59. The van der Waals surface area contributed by atoms with Gasteiger partial charge in [0.2, 0.25) is 0 Å². The van der Waals surface area contributed by atoms with E-state index < -0.39 is 0 Å². The van der Waals surface area contributed by atoms with E-state index >= 15 is 0 Å². The zero-order valence-electron chi connectivity index (χ0n) is 15.4. The standard InChI is InChI=1S/C23H24FN3/c24-20-7-5-18(6-8-20)21-15-27(14-17-3-1-16(13-25)2-4-17)22-19-9-11-26(12-10-19)23(21)22/h1-8,19,21-23H,9-12,14-15H2/t21-,22+,23+/m1/s1. The number of likely N-dealkylation sites (tertiary alicyclic amines) is 1. The van der Waals surface area contributed by atoms with Crippen molar-refractivity contribution < 1.29 is 4.39 Å². The van der Waals surface area contributed by atoms with Crippen molar-refractivity contribution in [2.75, 3.05) is 19.6 Å². The minimum atomic E-state index is -0.159. The smallest absolute Gasteiger partial charge is 0.123 e. The first-order valence-corrected chi connectivity index (χ1v) is 9.95. The second-order valence-corrected chi connectivity index (χ2v) is 8.25. The number of hydrogen-bond acceptors (Lipinski definition) is 3. The molecule has 0 N–H and O–H groups in total. The first-order valence-electron chi connectivity index (χ1n) is 9.95. The largest absolute Gasteiger partial charge is 0.298 e. The molecule has 3 nitrogen and oxygen atoms in total. The summed E-state index contributed by atoms with van der Waals surface area (Å²) in [6.07, 6.45) is 2.59. The lowest BCUT2D eigenvalue weighted by molar-refractivity contribution is -0.00869. The molecule has 0 unspecified atom stereocenters. The summed E-state index contributed by atoms with van der Waals surface area (Å²) in [4.78, 5) is 5.33. The van der Waals surface area contributed by atoms with Crippen molar-refractivity contribution in [3.63, 3.8) is 0 Å². The SMILES string of the molecule is N#Cc1ccc(CN2C[C@H](c3ccc(F)cc3)[C@H]3[C@@H]2C2CCN3CC2)cc1. The van der Waals surface area contributed by atoms with Crippen molar-refractivity contribution in [2.45, 2.75) is 37.4 Å². The monoisotopic (exact) mass is 361 g/mol. The molecule has 4 heteroatoms. The summed E-state index contributed by atoms with van der Waals surface area (Å²) < 4.78 is 13.4. The normalized spacial score (nSPS) is 32.2. The second-order valence-electron chi connectivity index (χ2n) is 8.25. The highest BCUT2D eigenvalue weighted by Gasteiger charge is 2.53. The highest BCUT2D eigenvalue weighted by Crippen LogP contribution is 2.46. The van der Waals surface area contributed by atoms with Crippen LogP contribution in [-0.4, -0.2) is 41.5 Å². The maximum atomic E-state index is 13.4. The molecule has 6 rings (SSSR count). The van der Waals surface area contributed by atoms with Crippen molar-refractivity contribution in [1.29, 1.82) is 5.26 Å². The lowest BCUT2D eigenvalue weighted by Gasteiger charge is -2.51. The number of rotatable bonds is 3. The van der Waals surface area contributed by atoms with Crippen LogP contribution in [0.5, 0.6) is 0 Å². The second kappa shape index (κ2) is 6.74. The van der Waals surface area contributed by atoms with Gasteiger partial charge in [0.25, 0.3) is 0 Å². The van der Waals surface area contributed by atoms with Gasteiger partial charge >= 0.3 is 0 Å². The number of halogens is 1. The Morgan fingerprint density at radius 3 is 2.33 bits per heavy atom. The molecular weight excluding hydrogens is 337 g/mol. The Balaban J connectivity index is 1.45. The van der Waals surface area contributed by atoms with E-state index in [1.165, 1.54) is 37.1 Å². The van der Waals surface area contributed by atoms with E-state index in [0.717, 1.165) is 19.0 Å². The first kappa shape index (κ1) is 16.9. The Hall–Kier alpha value is -2.22. The zero-order chi connectivity index (χ0) is 18.4. The third-order valence-corrected chi connectivity index (χ3v) is 6.86. The molecule has 4 heterocycles. The molecule has 0 spiro atoms. The molecule has 0 amide bonds. The third-order valence-electron chi connectivity index (χ3n) is 6.86. The summed E-state index contributed by atoms with van der Waals surface area (Å²) in [5, 5.41) is 9.03. The highest BCUT2D eigenvalue weighted by molar-refractivity contribution is 5.32. The fraction of sp³-hybridized carbons (Fsp3) is 0.435. The number of hydrogen-bond donors (Lipinski definition) is 0. The van der Waals surface area contributed by atoms with Crippen molar-refractivity contribution in [1.82, 2.24) is 9.80 Å². The summed E-state index contributed by atoms with van der Waals surface area (Å²) >= 11 is 0. The first-order chi connectivity index (χ1) is 13.2. The van der Waals surface area contributed by atoms with E-state index in [9.17, 15) is 4.39 Å². The van der Waals surface area contributed by atoms with E-state index in [1.807, 2.05) is 24.3 Å². The van der Waals surface area contributed by atoms with Crippen LogP contribution in [0.1, 0.15) is 35.4 Å². The van der Waals surface area contributed by atoms with Crippen LogP contribution in [0.2, 0.25) is 0 Å². The van der Waals surface area contributed by atoms with Gasteiger partial charge in [-0.2, -0.15) is 5.26 Å². The summed E-state index contributed by atoms with van der Waals surface area (Å²) in [6, 6.07) is 18.5. The molecule has 4 saturated heterocycles. The quantitative estimate of drug-likeness (QED) is 0.834. The lowest BCUT2D eigenvalue weighted by atomic mass is 9.75. The van der Waals surface area contributed by atoms with Gasteiger partial charge in [0, 0.05) is 31.1 Å². The molecule has 0 saturated carbocycles. The molecule has 4 aliphatic rings. The van der Waals surface area contributed by atoms with E-state index in [2.05, 4.69) is 28.0 Å². The molecule has 2 bridgehead atoms. The fourth-order valence-corrected chi connectivity index (χ4v) is 5.64. The molecular formula is C23H24FN3. The predicted octanol–water partition coefficient (Wildman–Crippen LogP) is 3.76. The number of nitrogens with zero attached hydrogens (tertiary/aromatic N) is 3. The maximum Gasteiger partial charge on any atom is 0.123 e. The van der Waals surface area contributed by atoms with E-state index in [4.69, 9.17) is 5.26 Å². The fourth-order valence-electron chi connectivity index (χ4n) is 5.64. The Labute approximate surface area is 160 Å². The van der Waals surface area contributed by atoms with Gasteiger partial charge in [0.1, 0.15) is 5.82 Å². The van der Waals surface area contributed by atoms with Crippen LogP contribution >= 0.6 is 0 Å². The molecule has 2 aromatic carbocycles. The number of benzene rings is 2. The highest BCUT2D eigenvalue weighted by atomic mass is 19.1. The van der Waals surface area contributed by atoms with E-state index in [0.29, 0.717) is 23.6 Å². The van der Waals surface area contributed by atoms with Gasteiger partial charge in [-0.05, 0) is 67.2 Å². The molecule has 3 atom stereocenters. The zero-order valence-corrected chi connectivity index (χ0v) is 15.4. The maximum absolute atomic E-state index is 13.4. The molecule has 0 aliphatic carbocycles. The Morgan fingerprint density at radius 2 is 1.67 bits per heavy atom. The number of piperidine rings is 3. The van der Waals surface area contributed by atoms with Gasteiger partial charge in [-0.25, -0.2) is 4.39 Å². The van der Waals surface area contributed by atoms with Crippen LogP contribution < -0.4 is 0 Å². The van der Waals surface area contributed by atoms with Crippen molar-refractivity contribution in [3.05, 3.63) is 71.0 Å². The number of nitriles is 1. The Bertz CT molecular complexity index is 847. The molecule has 4 aliphatic heterocycles. The van der Waals surface area contributed by atoms with E-state index in [-0.39, 0.29) is 5.82 Å². The van der Waals surface area contributed by atoms with Crippen LogP contribution in [0.25, 0.3) is 0 Å². The van der Waals surface area contributed by atoms with Gasteiger partial charge in [0.05, 0.1) is 11.6 Å². The minimum absolute atomic E-state index is 0.159. The molecule has 138 valence electrons. The van der Waals surface area contributed by atoms with Crippen LogP contribution in [-0.2, 0) is 6.54 Å². The topological polar surface area (TPSA) is 30.3 Å². The van der Waals surface area contributed by atoms with Crippen LogP contribution in [0.15, 0.2) is 48.5 Å². The summed E-state index contributed by atoms with van der Waals surface area (Å²) in [6.45, 7) is 4.35. The molecule has 0 aromatic heterocycles. The summed E-state index contributed by atoms with van der Waals surface area (Å²) in [5.41, 5.74) is 3.25. The Kier molecular flexibility index (Phi) is 4.22. The molecule has 27 heavy (non-hydrogen) atoms. The van der Waals surface area contributed by atoms with Gasteiger partial charge in [0.15, 0.2) is 0 Å². The molecule has 2 aromatic rings. The van der Waals surface area contributed by atoms with Crippen LogP contribution in [0.4, 0.5) is 4.39 Å². The van der Waals surface area contributed by atoms with Gasteiger partial charge in [-0.1, -0.05) is 24.3 Å². The van der Waals surface area contributed by atoms with Gasteiger partial charge in [-0.3, -0.25) is 9.80 Å². The molecule has 0 radical (unpaired) electrons. The summed E-state index contributed by atoms with van der Waals surface area (Å²) in [7, 11) is 0. The third kappa shape index (κ3) is 2.96. The van der Waals surface area contributed by atoms with Crippen molar-refractivity contribution in [3.8, 4) is 6.07 Å². The minimum Gasteiger partial charge on any atom is -0.298 e. The number of fused-ring (bicyclic) bond motifs is 2. The Morgan fingerprint density at radius 1 is 0.963 bits per heavy atom. The van der Waals surface area contributed by atoms with Crippen LogP contribution in [0.3, 0.4) is 0 Å². The average molecular weight is 361 g/mol. The van der Waals surface area contributed by atoms with Crippen molar-refractivity contribution >= 4 is 0 Å². The predicted molar refractivity (Wildman–Crippen MR) is 103 cm³/mol. The summed E-state index contributed by atoms with van der Waals surface area (Å²) in [5.74, 6) is 1.05. The van der Waals surface area contributed by atoms with Crippen molar-refractivity contribution in [2.24, 2.45) is 5.92 Å². The van der Waals surface area contributed by atoms with Gasteiger partial charge in [-0.15, -0.1) is 0 Å².